The quantitative estimate of drug-likeness (QED) is 0.444. The number of rotatable bonds is 6. The first-order chi connectivity index (χ1) is 14.1. The first kappa shape index (κ1) is 18.6. The molecular formula is C23H22N4O2. The Morgan fingerprint density at radius 3 is 2.79 bits per heavy atom. The molecule has 0 aliphatic heterocycles. The summed E-state index contributed by atoms with van der Waals surface area (Å²) in [6.45, 7) is 2.02. The molecule has 4 rings (SSSR count). The third-order valence-corrected chi connectivity index (χ3v) is 4.69. The number of anilines is 3. The molecule has 0 bridgehead atoms. The molecule has 29 heavy (non-hydrogen) atoms. The lowest BCUT2D eigenvalue weighted by Crippen LogP contribution is -2.14. The van der Waals surface area contributed by atoms with E-state index < -0.39 is 0 Å². The van der Waals surface area contributed by atoms with Crippen molar-refractivity contribution in [3.63, 3.8) is 0 Å². The summed E-state index contributed by atoms with van der Waals surface area (Å²) < 4.78 is 5.38. The summed E-state index contributed by atoms with van der Waals surface area (Å²) in [6, 6.07) is 17.5. The molecule has 0 unspecified atom stereocenters. The zero-order chi connectivity index (χ0) is 20.2. The number of methoxy groups -OCH3 is 1. The highest BCUT2D eigenvalue weighted by molar-refractivity contribution is 5.95. The van der Waals surface area contributed by atoms with Gasteiger partial charge in [-0.25, -0.2) is 4.98 Å². The summed E-state index contributed by atoms with van der Waals surface area (Å²) in [6.07, 6.45) is 3.81. The normalized spacial score (nSPS) is 10.7. The molecule has 6 nitrogen and oxygen atoms in total. The van der Waals surface area contributed by atoms with Gasteiger partial charge in [-0.05, 0) is 48.4 Å². The number of nitrogens with zero attached hydrogens (tertiary/aromatic N) is 1. The highest BCUT2D eigenvalue weighted by Crippen LogP contribution is 2.28. The van der Waals surface area contributed by atoms with Crippen molar-refractivity contribution in [1.29, 1.82) is 0 Å². The molecule has 0 radical (unpaired) electrons. The second-order valence-electron chi connectivity index (χ2n) is 6.85. The molecule has 2 aromatic carbocycles. The SMILES string of the molecule is COc1ccc(C)cc1Nc1ccc(NC(=O)Cc2c[nH]c3ccccc23)cn1. The summed E-state index contributed by atoms with van der Waals surface area (Å²) in [4.78, 5) is 20.0. The number of ether oxygens (including phenoxy) is 1. The number of para-hydroxylation sites is 1. The van der Waals surface area contributed by atoms with Crippen LogP contribution in [0.25, 0.3) is 10.9 Å². The van der Waals surface area contributed by atoms with Crippen LogP contribution < -0.4 is 15.4 Å². The fourth-order valence-electron chi connectivity index (χ4n) is 3.26. The van der Waals surface area contributed by atoms with Crippen LogP contribution in [0, 0.1) is 6.92 Å². The van der Waals surface area contributed by atoms with Crippen molar-refractivity contribution in [1.82, 2.24) is 9.97 Å². The molecule has 3 N–H and O–H groups in total. The van der Waals surface area contributed by atoms with Crippen molar-refractivity contribution in [2.75, 3.05) is 17.7 Å². The van der Waals surface area contributed by atoms with E-state index in [0.717, 1.165) is 33.5 Å². The molecule has 2 heterocycles. The van der Waals surface area contributed by atoms with Crippen LogP contribution in [0.3, 0.4) is 0 Å². The van der Waals surface area contributed by atoms with Crippen LogP contribution in [0.15, 0.2) is 67.0 Å². The number of aryl methyl sites for hydroxylation is 1. The maximum absolute atomic E-state index is 12.4. The zero-order valence-electron chi connectivity index (χ0n) is 16.3. The Morgan fingerprint density at radius 2 is 2.00 bits per heavy atom. The lowest BCUT2D eigenvalue weighted by Gasteiger charge is -2.12. The monoisotopic (exact) mass is 386 g/mol. The molecule has 1 amide bonds. The van der Waals surface area contributed by atoms with Gasteiger partial charge in [0.25, 0.3) is 0 Å². The van der Waals surface area contributed by atoms with Gasteiger partial charge in [0.2, 0.25) is 5.91 Å². The Hall–Kier alpha value is -3.80. The van der Waals surface area contributed by atoms with E-state index in [1.54, 1.807) is 13.3 Å². The van der Waals surface area contributed by atoms with Crippen molar-refractivity contribution in [2.24, 2.45) is 0 Å². The van der Waals surface area contributed by atoms with E-state index in [9.17, 15) is 4.79 Å². The Labute approximate surface area is 168 Å². The minimum atomic E-state index is -0.0855. The molecule has 0 aliphatic carbocycles. The number of amides is 1. The molecule has 0 fully saturated rings. The van der Waals surface area contributed by atoms with Crippen molar-refractivity contribution in [3.8, 4) is 5.75 Å². The Morgan fingerprint density at radius 1 is 1.14 bits per heavy atom. The summed E-state index contributed by atoms with van der Waals surface area (Å²) in [7, 11) is 1.63. The number of aromatic amines is 1. The second kappa shape index (κ2) is 8.06. The van der Waals surface area contributed by atoms with Crippen LogP contribution in [-0.4, -0.2) is 23.0 Å². The van der Waals surface area contributed by atoms with Gasteiger partial charge in [0.15, 0.2) is 0 Å². The molecule has 4 aromatic rings. The van der Waals surface area contributed by atoms with Crippen LogP contribution in [0.1, 0.15) is 11.1 Å². The minimum Gasteiger partial charge on any atom is -0.495 e. The molecular weight excluding hydrogens is 364 g/mol. The van der Waals surface area contributed by atoms with Crippen molar-refractivity contribution in [3.05, 3.63) is 78.1 Å². The number of carbonyl (C=O) groups excluding carboxylic acids is 1. The highest BCUT2D eigenvalue weighted by Gasteiger charge is 2.10. The lowest BCUT2D eigenvalue weighted by atomic mass is 10.1. The highest BCUT2D eigenvalue weighted by atomic mass is 16.5. The molecule has 146 valence electrons. The number of hydrogen-bond acceptors (Lipinski definition) is 4. The van der Waals surface area contributed by atoms with E-state index in [4.69, 9.17) is 4.74 Å². The average Bonchev–Trinajstić information content (AvgIpc) is 3.12. The molecule has 6 heteroatoms. The van der Waals surface area contributed by atoms with Gasteiger partial charge in [0.05, 0.1) is 31.1 Å². The predicted octanol–water partition coefficient (Wildman–Crippen LogP) is 4.80. The summed E-state index contributed by atoms with van der Waals surface area (Å²) >= 11 is 0. The summed E-state index contributed by atoms with van der Waals surface area (Å²) in [5.74, 6) is 1.33. The van der Waals surface area contributed by atoms with Gasteiger partial charge in [-0.15, -0.1) is 0 Å². The van der Waals surface area contributed by atoms with Crippen LogP contribution in [0.2, 0.25) is 0 Å². The largest absolute Gasteiger partial charge is 0.495 e. The van der Waals surface area contributed by atoms with E-state index in [0.29, 0.717) is 17.9 Å². The smallest absolute Gasteiger partial charge is 0.228 e. The van der Waals surface area contributed by atoms with Crippen LogP contribution in [-0.2, 0) is 11.2 Å². The first-order valence-electron chi connectivity index (χ1n) is 9.35. The number of nitrogens with one attached hydrogen (secondary N) is 3. The third-order valence-electron chi connectivity index (χ3n) is 4.69. The number of fused-ring (bicyclic) bond motifs is 1. The minimum absolute atomic E-state index is 0.0855. The van der Waals surface area contributed by atoms with Gasteiger partial charge < -0.3 is 20.4 Å². The van der Waals surface area contributed by atoms with E-state index in [1.165, 1.54) is 0 Å². The van der Waals surface area contributed by atoms with Gasteiger partial charge in [0, 0.05) is 17.1 Å². The fraction of sp³-hybridized carbons (Fsp3) is 0.130. The molecule has 0 atom stereocenters. The molecule has 2 aromatic heterocycles. The van der Waals surface area contributed by atoms with E-state index in [1.807, 2.05) is 67.7 Å². The number of pyridine rings is 1. The molecule has 0 aliphatic rings. The molecule has 0 spiro atoms. The van der Waals surface area contributed by atoms with Crippen LogP contribution in [0.5, 0.6) is 5.75 Å². The van der Waals surface area contributed by atoms with E-state index in [2.05, 4.69) is 20.6 Å². The van der Waals surface area contributed by atoms with E-state index in [-0.39, 0.29) is 5.91 Å². The van der Waals surface area contributed by atoms with Gasteiger partial charge >= 0.3 is 0 Å². The fourth-order valence-corrected chi connectivity index (χ4v) is 3.26. The predicted molar refractivity (Wildman–Crippen MR) is 116 cm³/mol. The van der Waals surface area contributed by atoms with E-state index >= 15 is 0 Å². The van der Waals surface area contributed by atoms with Crippen LogP contribution >= 0.6 is 0 Å². The Balaban J connectivity index is 1.42. The van der Waals surface area contributed by atoms with Gasteiger partial charge in [-0.2, -0.15) is 0 Å². The summed E-state index contributed by atoms with van der Waals surface area (Å²) in [5.41, 5.74) is 4.61. The number of aromatic nitrogens is 2. The van der Waals surface area contributed by atoms with Gasteiger partial charge in [0.1, 0.15) is 11.6 Å². The standard InChI is InChI=1S/C23H22N4O2/c1-15-7-9-21(29-2)20(11-15)27-22-10-8-17(14-25-22)26-23(28)12-16-13-24-19-6-4-3-5-18(16)19/h3-11,13-14,24H,12H2,1-2H3,(H,25,27)(H,26,28). The molecule has 0 saturated heterocycles. The number of carbonyl (C=O) groups is 1. The number of benzene rings is 2. The second-order valence-corrected chi connectivity index (χ2v) is 6.85. The Bertz CT molecular complexity index is 1150. The lowest BCUT2D eigenvalue weighted by molar-refractivity contribution is -0.115. The van der Waals surface area contributed by atoms with Crippen molar-refractivity contribution >= 4 is 34.0 Å². The third kappa shape index (κ3) is 4.21. The Kier molecular flexibility index (Phi) is 5.16. The van der Waals surface area contributed by atoms with Gasteiger partial charge in [-0.1, -0.05) is 24.3 Å². The van der Waals surface area contributed by atoms with Crippen molar-refractivity contribution in [2.45, 2.75) is 13.3 Å². The average molecular weight is 386 g/mol. The number of H-pyrrole nitrogens is 1. The first-order valence-corrected chi connectivity index (χ1v) is 9.35. The number of hydrogen-bond donors (Lipinski definition) is 3. The van der Waals surface area contributed by atoms with Gasteiger partial charge in [-0.3, -0.25) is 4.79 Å². The maximum atomic E-state index is 12.4. The topological polar surface area (TPSA) is 79.0 Å². The van der Waals surface area contributed by atoms with Crippen LogP contribution in [0.4, 0.5) is 17.2 Å². The summed E-state index contributed by atoms with van der Waals surface area (Å²) in [5, 5.41) is 7.21. The molecule has 0 saturated carbocycles. The van der Waals surface area contributed by atoms with Crippen molar-refractivity contribution < 1.29 is 9.53 Å². The zero-order valence-corrected chi connectivity index (χ0v) is 16.3. The maximum Gasteiger partial charge on any atom is 0.228 e.